The van der Waals surface area contributed by atoms with Gasteiger partial charge in [0.2, 0.25) is 0 Å². The molecule has 0 bridgehead atoms. The Morgan fingerprint density at radius 2 is 2.05 bits per heavy atom. The highest BCUT2D eigenvalue weighted by atomic mass is 16.2. The smallest absolute Gasteiger partial charge is 0.276 e. The van der Waals surface area contributed by atoms with Gasteiger partial charge in [0.15, 0.2) is 0 Å². The largest absolute Gasteiger partial charge is 0.305 e. The second kappa shape index (κ2) is 5.26. The van der Waals surface area contributed by atoms with Crippen LogP contribution in [0.3, 0.4) is 0 Å². The highest BCUT2D eigenvalue weighted by Gasteiger charge is 2.29. The molecule has 0 radical (unpaired) electrons. The van der Waals surface area contributed by atoms with Crippen molar-refractivity contribution in [2.45, 2.75) is 20.8 Å². The fraction of sp³-hybridized carbons (Fsp3) is 0.333. The summed E-state index contributed by atoms with van der Waals surface area (Å²) in [4.78, 5) is 14.3. The molecular formula is C15H19N3O. The van der Waals surface area contributed by atoms with Crippen LogP contribution in [0.25, 0.3) is 0 Å². The van der Waals surface area contributed by atoms with E-state index in [0.29, 0.717) is 18.8 Å². The Labute approximate surface area is 114 Å². The molecule has 4 nitrogen and oxygen atoms in total. The minimum absolute atomic E-state index is 0.0203. The summed E-state index contributed by atoms with van der Waals surface area (Å²) in [7, 11) is 0. The lowest BCUT2D eigenvalue weighted by atomic mass is 10.1. The van der Waals surface area contributed by atoms with Crippen LogP contribution in [0.1, 0.15) is 18.1 Å². The van der Waals surface area contributed by atoms with Gasteiger partial charge in [0.1, 0.15) is 5.70 Å². The van der Waals surface area contributed by atoms with Crippen molar-refractivity contribution < 1.29 is 4.79 Å². The van der Waals surface area contributed by atoms with Gasteiger partial charge in [-0.25, -0.2) is 0 Å². The Hall–Kier alpha value is -2.10. The van der Waals surface area contributed by atoms with Crippen LogP contribution in [0.15, 0.2) is 35.1 Å². The molecule has 0 saturated carbocycles. The molecule has 1 heterocycles. The summed E-state index contributed by atoms with van der Waals surface area (Å²) in [6.07, 6.45) is 1.78. The summed E-state index contributed by atoms with van der Waals surface area (Å²) in [5.74, 6) is -0.0203. The number of hydrogen-bond acceptors (Lipinski definition) is 3. The van der Waals surface area contributed by atoms with Crippen molar-refractivity contribution in [3.05, 3.63) is 41.1 Å². The maximum absolute atomic E-state index is 12.5. The van der Waals surface area contributed by atoms with Crippen LogP contribution in [-0.4, -0.2) is 30.7 Å². The third-order valence-electron chi connectivity index (χ3n) is 3.36. The number of piperazine rings is 1. The van der Waals surface area contributed by atoms with Gasteiger partial charge in [0, 0.05) is 18.9 Å². The topological polar surface area (TPSA) is 35.9 Å². The Bertz CT molecular complexity index is 548. The molecule has 0 aromatic heterocycles. The fourth-order valence-electron chi connectivity index (χ4n) is 2.42. The lowest BCUT2D eigenvalue weighted by Crippen LogP contribution is -2.47. The van der Waals surface area contributed by atoms with Crippen LogP contribution in [0, 0.1) is 13.8 Å². The number of nitrogens with zero attached hydrogens (tertiary/aromatic N) is 3. The van der Waals surface area contributed by atoms with E-state index in [4.69, 9.17) is 0 Å². The zero-order valence-corrected chi connectivity index (χ0v) is 11.7. The molecule has 1 saturated heterocycles. The van der Waals surface area contributed by atoms with E-state index in [1.165, 1.54) is 5.56 Å². The minimum atomic E-state index is -0.0203. The first-order valence-corrected chi connectivity index (χ1v) is 6.38. The number of hydrogen-bond donors (Lipinski definition) is 0. The maximum Gasteiger partial charge on any atom is 0.276 e. The van der Waals surface area contributed by atoms with Crippen LogP contribution in [0.5, 0.6) is 0 Å². The molecule has 1 aromatic carbocycles. The van der Waals surface area contributed by atoms with Crippen LogP contribution in [-0.2, 0) is 4.79 Å². The SMILES string of the molecule is C=NN1CCN(c2ccc(C)cc2C)C(=O)/C1=C/C. The van der Waals surface area contributed by atoms with Crippen molar-refractivity contribution in [2.24, 2.45) is 5.10 Å². The number of aryl methyl sites for hydroxylation is 2. The van der Waals surface area contributed by atoms with E-state index >= 15 is 0 Å². The van der Waals surface area contributed by atoms with E-state index < -0.39 is 0 Å². The average molecular weight is 257 g/mol. The third kappa shape index (κ3) is 2.38. The summed E-state index contributed by atoms with van der Waals surface area (Å²) >= 11 is 0. The Kier molecular flexibility index (Phi) is 3.69. The van der Waals surface area contributed by atoms with Crippen molar-refractivity contribution in [1.29, 1.82) is 0 Å². The number of carbonyl (C=O) groups is 1. The highest BCUT2D eigenvalue weighted by molar-refractivity contribution is 6.06. The van der Waals surface area contributed by atoms with Gasteiger partial charge < -0.3 is 4.90 Å². The molecule has 0 unspecified atom stereocenters. The molecule has 0 atom stereocenters. The number of amides is 1. The standard InChI is InChI=1S/C15H19N3O/c1-5-13-15(19)17(8-9-18(13)16-4)14-7-6-11(2)10-12(14)3/h5-7,10H,4,8-9H2,1-3H3/b13-5-. The quantitative estimate of drug-likeness (QED) is 0.602. The summed E-state index contributed by atoms with van der Waals surface area (Å²) in [5.41, 5.74) is 3.87. The summed E-state index contributed by atoms with van der Waals surface area (Å²) < 4.78 is 0. The van der Waals surface area contributed by atoms with Gasteiger partial charge in [-0.15, -0.1) is 0 Å². The van der Waals surface area contributed by atoms with Gasteiger partial charge in [0.05, 0.1) is 6.54 Å². The van der Waals surface area contributed by atoms with Gasteiger partial charge in [-0.2, -0.15) is 5.10 Å². The maximum atomic E-state index is 12.5. The lowest BCUT2D eigenvalue weighted by molar-refractivity contribution is -0.117. The summed E-state index contributed by atoms with van der Waals surface area (Å²) in [5, 5.41) is 5.54. The van der Waals surface area contributed by atoms with Crippen LogP contribution >= 0.6 is 0 Å². The van der Waals surface area contributed by atoms with Gasteiger partial charge >= 0.3 is 0 Å². The molecule has 0 aliphatic carbocycles. The number of allylic oxidation sites excluding steroid dienone is 1. The monoisotopic (exact) mass is 257 g/mol. The summed E-state index contributed by atoms with van der Waals surface area (Å²) in [6.45, 7) is 10.7. The molecule has 1 aromatic rings. The molecule has 1 aliphatic heterocycles. The number of benzene rings is 1. The minimum Gasteiger partial charge on any atom is -0.305 e. The zero-order chi connectivity index (χ0) is 14.0. The van der Waals surface area contributed by atoms with Gasteiger partial charge in [-0.1, -0.05) is 23.8 Å². The van der Waals surface area contributed by atoms with Crippen molar-refractivity contribution in [2.75, 3.05) is 18.0 Å². The normalized spacial score (nSPS) is 18.1. The molecule has 0 spiro atoms. The van der Waals surface area contributed by atoms with Crippen LogP contribution in [0.4, 0.5) is 5.69 Å². The van der Waals surface area contributed by atoms with E-state index in [1.807, 2.05) is 30.9 Å². The van der Waals surface area contributed by atoms with Crippen molar-refractivity contribution >= 4 is 18.3 Å². The van der Waals surface area contributed by atoms with E-state index in [0.717, 1.165) is 11.3 Å². The second-order valence-electron chi connectivity index (χ2n) is 4.69. The first kappa shape index (κ1) is 13.3. The fourth-order valence-corrected chi connectivity index (χ4v) is 2.42. The number of rotatable bonds is 2. The Morgan fingerprint density at radius 3 is 2.63 bits per heavy atom. The van der Waals surface area contributed by atoms with Crippen molar-refractivity contribution in [3.63, 3.8) is 0 Å². The molecule has 4 heteroatoms. The highest BCUT2D eigenvalue weighted by Crippen LogP contribution is 2.26. The zero-order valence-electron chi connectivity index (χ0n) is 11.7. The average Bonchev–Trinajstić information content (AvgIpc) is 2.39. The number of carbonyl (C=O) groups excluding carboxylic acids is 1. The summed E-state index contributed by atoms with van der Waals surface area (Å²) in [6, 6.07) is 6.13. The predicted molar refractivity (Wildman–Crippen MR) is 78.3 cm³/mol. The van der Waals surface area contributed by atoms with Crippen LogP contribution < -0.4 is 4.90 Å². The number of hydrazone groups is 1. The molecule has 19 heavy (non-hydrogen) atoms. The molecule has 1 fully saturated rings. The van der Waals surface area contributed by atoms with Crippen molar-refractivity contribution in [1.82, 2.24) is 5.01 Å². The predicted octanol–water partition coefficient (Wildman–Crippen LogP) is 2.47. The molecule has 0 N–H and O–H groups in total. The van der Waals surface area contributed by atoms with E-state index in [1.54, 1.807) is 11.1 Å². The molecule has 2 rings (SSSR count). The molecule has 100 valence electrons. The molecular weight excluding hydrogens is 238 g/mol. The lowest BCUT2D eigenvalue weighted by Gasteiger charge is -2.35. The Balaban J connectivity index is 2.36. The van der Waals surface area contributed by atoms with E-state index in [-0.39, 0.29) is 5.91 Å². The van der Waals surface area contributed by atoms with E-state index in [2.05, 4.69) is 24.8 Å². The van der Waals surface area contributed by atoms with Gasteiger partial charge in [-0.3, -0.25) is 9.80 Å². The molecule has 1 amide bonds. The Morgan fingerprint density at radius 1 is 1.32 bits per heavy atom. The number of anilines is 1. The third-order valence-corrected chi connectivity index (χ3v) is 3.36. The van der Waals surface area contributed by atoms with Gasteiger partial charge in [-0.05, 0) is 32.4 Å². The van der Waals surface area contributed by atoms with Crippen LogP contribution in [0.2, 0.25) is 0 Å². The van der Waals surface area contributed by atoms with Crippen molar-refractivity contribution in [3.8, 4) is 0 Å². The first-order chi connectivity index (χ1) is 9.08. The van der Waals surface area contributed by atoms with Gasteiger partial charge in [0.25, 0.3) is 5.91 Å². The first-order valence-electron chi connectivity index (χ1n) is 6.38. The van der Waals surface area contributed by atoms with E-state index in [9.17, 15) is 4.79 Å². The second-order valence-corrected chi connectivity index (χ2v) is 4.69. The molecule has 1 aliphatic rings.